The Morgan fingerprint density at radius 2 is 1.32 bits per heavy atom. The van der Waals surface area contributed by atoms with Crippen LogP contribution in [0.1, 0.15) is 107 Å². The molecule has 0 radical (unpaired) electrons. The summed E-state index contributed by atoms with van der Waals surface area (Å²) < 4.78 is 0. The molecule has 2 N–H and O–H groups in total. The average Bonchev–Trinajstić information content (AvgIpc) is 2.88. The topological polar surface area (TPSA) is 69.6 Å². The van der Waals surface area contributed by atoms with E-state index in [0.717, 1.165) is 27.8 Å². The van der Waals surface area contributed by atoms with Gasteiger partial charge in [0.1, 0.15) is 11.8 Å². The van der Waals surface area contributed by atoms with Crippen molar-refractivity contribution in [3.63, 3.8) is 0 Å². The van der Waals surface area contributed by atoms with Crippen molar-refractivity contribution in [3.8, 4) is 5.75 Å². The van der Waals surface area contributed by atoms with Crippen LogP contribution in [0.2, 0.25) is 0 Å². The van der Waals surface area contributed by atoms with Crippen molar-refractivity contribution in [2.24, 2.45) is 0 Å². The minimum absolute atomic E-state index is 0.122. The van der Waals surface area contributed by atoms with E-state index in [1.165, 1.54) is 5.56 Å². The van der Waals surface area contributed by atoms with Gasteiger partial charge in [0.05, 0.1) is 0 Å². The Bertz CT molecular complexity index is 1320. The van der Waals surface area contributed by atoms with Crippen LogP contribution in [0.3, 0.4) is 0 Å². The molecule has 0 spiro atoms. The Hall–Kier alpha value is -3.60. The van der Waals surface area contributed by atoms with E-state index in [1.807, 2.05) is 67.6 Å². The van der Waals surface area contributed by atoms with Crippen molar-refractivity contribution in [2.45, 2.75) is 97.9 Å². The maximum Gasteiger partial charge on any atom is 0.251 e. The van der Waals surface area contributed by atoms with E-state index in [4.69, 9.17) is 0 Å². The number of likely N-dealkylation sites (N-methyl/N-ethyl adjacent to an activating group) is 1. The number of aryl methyl sites for hydroxylation is 2. The number of phenols is 1. The zero-order chi connectivity index (χ0) is 30.7. The first-order valence-electron chi connectivity index (χ1n) is 14.6. The SMILES string of the molecule is Cc1ccc([C@H](C(=O)Nc2ccc(C(C)C)cc2)N(C)C(=O)CCc2cc(C(C)(C)C)c(O)c(C(C)(C)C)c2)cc1. The van der Waals surface area contributed by atoms with E-state index in [9.17, 15) is 14.7 Å². The number of carbonyl (C=O) groups is 2. The summed E-state index contributed by atoms with van der Waals surface area (Å²) in [6.45, 7) is 18.8. The molecule has 0 unspecified atom stereocenters. The van der Waals surface area contributed by atoms with Crippen LogP contribution < -0.4 is 5.32 Å². The lowest BCUT2D eigenvalue weighted by molar-refractivity contribution is -0.137. The number of rotatable bonds is 8. The molecule has 5 nitrogen and oxygen atoms in total. The molecule has 0 aliphatic heterocycles. The van der Waals surface area contributed by atoms with Crippen molar-refractivity contribution in [1.82, 2.24) is 4.90 Å². The van der Waals surface area contributed by atoms with Gasteiger partial charge in [0, 0.05) is 19.2 Å². The lowest BCUT2D eigenvalue weighted by atomic mass is 9.78. The Balaban J connectivity index is 1.87. The summed E-state index contributed by atoms with van der Waals surface area (Å²) in [5.41, 5.74) is 6.00. The largest absolute Gasteiger partial charge is 0.507 e. The van der Waals surface area contributed by atoms with Crippen LogP contribution >= 0.6 is 0 Å². The highest BCUT2D eigenvalue weighted by atomic mass is 16.3. The predicted octanol–water partition coefficient (Wildman–Crippen LogP) is 8.19. The van der Waals surface area contributed by atoms with Crippen LogP contribution in [-0.2, 0) is 26.8 Å². The Kier molecular flexibility index (Phi) is 9.73. The molecule has 2 amide bonds. The molecule has 0 saturated heterocycles. The van der Waals surface area contributed by atoms with Crippen LogP contribution in [0.15, 0.2) is 60.7 Å². The van der Waals surface area contributed by atoms with E-state index in [-0.39, 0.29) is 29.1 Å². The highest BCUT2D eigenvalue weighted by Gasteiger charge is 2.30. The van der Waals surface area contributed by atoms with Gasteiger partial charge in [0.25, 0.3) is 5.91 Å². The number of hydrogen-bond acceptors (Lipinski definition) is 3. The molecule has 1 atom stereocenters. The number of anilines is 1. The van der Waals surface area contributed by atoms with Crippen molar-refractivity contribution < 1.29 is 14.7 Å². The predicted molar refractivity (Wildman–Crippen MR) is 170 cm³/mol. The minimum Gasteiger partial charge on any atom is -0.507 e. The monoisotopic (exact) mass is 556 g/mol. The quantitative estimate of drug-likeness (QED) is 0.294. The first-order chi connectivity index (χ1) is 19.0. The summed E-state index contributed by atoms with van der Waals surface area (Å²) in [5, 5.41) is 14.1. The minimum atomic E-state index is -0.775. The van der Waals surface area contributed by atoms with Gasteiger partial charge in [0.2, 0.25) is 5.91 Å². The van der Waals surface area contributed by atoms with Crippen LogP contribution in [-0.4, -0.2) is 28.9 Å². The van der Waals surface area contributed by atoms with Crippen molar-refractivity contribution in [3.05, 3.63) is 94.0 Å². The van der Waals surface area contributed by atoms with Gasteiger partial charge < -0.3 is 15.3 Å². The third kappa shape index (κ3) is 8.00. The van der Waals surface area contributed by atoms with Gasteiger partial charge in [-0.3, -0.25) is 9.59 Å². The van der Waals surface area contributed by atoms with Crippen LogP contribution in [0.25, 0.3) is 0 Å². The fraction of sp³-hybridized carbons (Fsp3) is 0.444. The molecule has 0 fully saturated rings. The number of benzene rings is 3. The Morgan fingerprint density at radius 1 is 0.829 bits per heavy atom. The molecule has 5 heteroatoms. The van der Waals surface area contributed by atoms with E-state index in [0.29, 0.717) is 23.8 Å². The maximum atomic E-state index is 13.7. The second-order valence-electron chi connectivity index (χ2n) is 13.6. The number of nitrogens with zero attached hydrogens (tertiary/aromatic N) is 1. The molecule has 0 aliphatic carbocycles. The molecule has 3 aromatic rings. The molecule has 0 heterocycles. The molecule has 0 bridgehead atoms. The molecule has 0 saturated carbocycles. The van der Waals surface area contributed by atoms with E-state index < -0.39 is 6.04 Å². The van der Waals surface area contributed by atoms with E-state index in [1.54, 1.807) is 11.9 Å². The number of amides is 2. The smallest absolute Gasteiger partial charge is 0.251 e. The number of hydrogen-bond donors (Lipinski definition) is 2. The van der Waals surface area contributed by atoms with Gasteiger partial charge in [-0.2, -0.15) is 0 Å². The summed E-state index contributed by atoms with van der Waals surface area (Å²) in [5.74, 6) is 0.353. The third-order valence-corrected chi connectivity index (χ3v) is 7.68. The Labute approximate surface area is 247 Å². The summed E-state index contributed by atoms with van der Waals surface area (Å²) in [6, 6.07) is 18.9. The van der Waals surface area contributed by atoms with Gasteiger partial charge >= 0.3 is 0 Å². The van der Waals surface area contributed by atoms with Gasteiger partial charge in [0.15, 0.2) is 0 Å². The lowest BCUT2D eigenvalue weighted by Gasteiger charge is -2.29. The summed E-state index contributed by atoms with van der Waals surface area (Å²) >= 11 is 0. The lowest BCUT2D eigenvalue weighted by Crippen LogP contribution is -2.38. The van der Waals surface area contributed by atoms with E-state index >= 15 is 0 Å². The molecule has 3 aromatic carbocycles. The molecule has 0 aliphatic rings. The van der Waals surface area contributed by atoms with Gasteiger partial charge in [-0.15, -0.1) is 0 Å². The number of aromatic hydroxyl groups is 1. The van der Waals surface area contributed by atoms with Crippen LogP contribution in [0.4, 0.5) is 5.69 Å². The van der Waals surface area contributed by atoms with Crippen molar-refractivity contribution in [1.29, 1.82) is 0 Å². The molecular weight excluding hydrogens is 508 g/mol. The van der Waals surface area contributed by atoms with Gasteiger partial charge in [-0.05, 0) is 70.0 Å². The van der Waals surface area contributed by atoms with Crippen molar-refractivity contribution >= 4 is 17.5 Å². The fourth-order valence-corrected chi connectivity index (χ4v) is 5.02. The van der Waals surface area contributed by atoms with Crippen LogP contribution in [0.5, 0.6) is 5.75 Å². The third-order valence-electron chi connectivity index (χ3n) is 7.68. The number of phenolic OH excluding ortho intramolecular Hbond substituents is 1. The molecule has 0 aromatic heterocycles. The van der Waals surface area contributed by atoms with Gasteiger partial charge in [-0.1, -0.05) is 109 Å². The molecule has 220 valence electrons. The number of nitrogens with one attached hydrogen (secondary N) is 1. The maximum absolute atomic E-state index is 13.7. The van der Waals surface area contributed by atoms with Gasteiger partial charge in [-0.25, -0.2) is 0 Å². The zero-order valence-corrected chi connectivity index (χ0v) is 26.6. The summed E-state index contributed by atoms with van der Waals surface area (Å²) in [4.78, 5) is 28.8. The van der Waals surface area contributed by atoms with Crippen LogP contribution in [0, 0.1) is 6.92 Å². The first kappa shape index (κ1) is 31.9. The zero-order valence-electron chi connectivity index (χ0n) is 26.6. The average molecular weight is 557 g/mol. The number of carbonyl (C=O) groups excluding carboxylic acids is 2. The summed E-state index contributed by atoms with van der Waals surface area (Å²) in [7, 11) is 1.70. The standard InChI is InChI=1S/C36H48N2O3/c1-23(2)26-16-18-28(19-17-26)37-34(41)32(27-14-11-24(3)12-15-27)38(10)31(39)20-13-25-21-29(35(4,5)6)33(40)30(22-25)36(7,8)9/h11-12,14-19,21-23,32,40H,13,20H2,1-10H3,(H,37,41)/t32-/m1/s1. The molecular formula is C36H48N2O3. The summed E-state index contributed by atoms with van der Waals surface area (Å²) in [6.07, 6.45) is 0.752. The van der Waals surface area contributed by atoms with Crippen molar-refractivity contribution in [2.75, 3.05) is 12.4 Å². The second-order valence-corrected chi connectivity index (χ2v) is 13.6. The van der Waals surface area contributed by atoms with E-state index in [2.05, 4.69) is 60.7 Å². The highest BCUT2D eigenvalue weighted by Crippen LogP contribution is 2.40. The highest BCUT2D eigenvalue weighted by molar-refractivity contribution is 5.97. The second kappa shape index (κ2) is 12.5. The fourth-order valence-electron chi connectivity index (χ4n) is 5.02. The first-order valence-corrected chi connectivity index (χ1v) is 14.6. The Morgan fingerprint density at radius 3 is 1.78 bits per heavy atom. The normalized spacial score (nSPS) is 12.8. The molecule has 41 heavy (non-hydrogen) atoms. The molecule has 3 rings (SSSR count).